The number of carbonyl (C=O) groups is 1. The maximum atomic E-state index is 13.1. The summed E-state index contributed by atoms with van der Waals surface area (Å²) in [5.74, 6) is -0.160. The summed E-state index contributed by atoms with van der Waals surface area (Å²) in [6.07, 6.45) is 1.34. The average Bonchev–Trinajstić information content (AvgIpc) is 3.09. The molecular weight excluding hydrogens is 233 g/mol. The van der Waals surface area contributed by atoms with E-state index in [4.69, 9.17) is 5.11 Å². The number of rotatable bonds is 5. The van der Waals surface area contributed by atoms with Crippen LogP contribution in [-0.2, 0) is 4.79 Å². The third-order valence-corrected chi connectivity index (χ3v) is 3.35. The molecule has 1 aromatic rings. The van der Waals surface area contributed by atoms with Crippen LogP contribution in [0, 0.1) is 11.7 Å². The van der Waals surface area contributed by atoms with Crippen LogP contribution in [0.3, 0.4) is 0 Å². The summed E-state index contributed by atoms with van der Waals surface area (Å²) in [7, 11) is 0. The Labute approximate surface area is 106 Å². The first kappa shape index (κ1) is 13.0. The van der Waals surface area contributed by atoms with Gasteiger partial charge in [-0.15, -0.1) is 0 Å². The van der Waals surface area contributed by atoms with E-state index in [1.54, 1.807) is 6.07 Å². The van der Waals surface area contributed by atoms with E-state index in [1.807, 2.05) is 13.0 Å². The minimum Gasteiger partial charge on any atom is -0.396 e. The fourth-order valence-corrected chi connectivity index (χ4v) is 2.21. The largest absolute Gasteiger partial charge is 0.396 e. The van der Waals surface area contributed by atoms with Crippen molar-refractivity contribution in [1.82, 2.24) is 5.32 Å². The van der Waals surface area contributed by atoms with E-state index in [2.05, 4.69) is 5.32 Å². The van der Waals surface area contributed by atoms with Gasteiger partial charge in [0.05, 0.1) is 0 Å². The van der Waals surface area contributed by atoms with Crippen LogP contribution in [0.25, 0.3) is 0 Å². The van der Waals surface area contributed by atoms with E-state index in [0.29, 0.717) is 6.42 Å². The summed E-state index contributed by atoms with van der Waals surface area (Å²) >= 11 is 0. The van der Waals surface area contributed by atoms with E-state index in [-0.39, 0.29) is 36.2 Å². The van der Waals surface area contributed by atoms with E-state index >= 15 is 0 Å². The highest BCUT2D eigenvalue weighted by Crippen LogP contribution is 2.47. The van der Waals surface area contributed by atoms with Crippen LogP contribution in [0.15, 0.2) is 24.3 Å². The molecule has 18 heavy (non-hydrogen) atoms. The van der Waals surface area contributed by atoms with Crippen molar-refractivity contribution in [2.24, 2.45) is 5.92 Å². The molecule has 4 heteroatoms. The summed E-state index contributed by atoms with van der Waals surface area (Å²) < 4.78 is 13.1. The highest BCUT2D eigenvalue weighted by Gasteiger charge is 2.44. The van der Waals surface area contributed by atoms with Crippen molar-refractivity contribution >= 4 is 5.91 Å². The Morgan fingerprint density at radius 1 is 1.61 bits per heavy atom. The van der Waals surface area contributed by atoms with Crippen molar-refractivity contribution in [1.29, 1.82) is 0 Å². The van der Waals surface area contributed by atoms with Crippen molar-refractivity contribution in [3.05, 3.63) is 35.6 Å². The topological polar surface area (TPSA) is 49.3 Å². The molecule has 1 aliphatic rings. The van der Waals surface area contributed by atoms with Gasteiger partial charge in [0.25, 0.3) is 0 Å². The molecule has 0 bridgehead atoms. The van der Waals surface area contributed by atoms with Crippen molar-refractivity contribution in [3.63, 3.8) is 0 Å². The molecule has 2 N–H and O–H groups in total. The SMILES string of the molecule is CC(CCO)NC(=O)C1CC1c1cccc(F)c1. The number of hydrogen-bond acceptors (Lipinski definition) is 2. The highest BCUT2D eigenvalue weighted by atomic mass is 19.1. The molecule has 1 saturated carbocycles. The van der Waals surface area contributed by atoms with Crippen LogP contribution in [0.1, 0.15) is 31.2 Å². The lowest BCUT2D eigenvalue weighted by molar-refractivity contribution is -0.123. The van der Waals surface area contributed by atoms with Crippen LogP contribution >= 0.6 is 0 Å². The van der Waals surface area contributed by atoms with Gasteiger partial charge in [0.15, 0.2) is 0 Å². The normalized spacial score (nSPS) is 23.5. The van der Waals surface area contributed by atoms with Crippen molar-refractivity contribution in [2.75, 3.05) is 6.61 Å². The van der Waals surface area contributed by atoms with Gasteiger partial charge in [-0.3, -0.25) is 4.79 Å². The van der Waals surface area contributed by atoms with Gasteiger partial charge in [0.1, 0.15) is 5.82 Å². The lowest BCUT2D eigenvalue weighted by Gasteiger charge is -2.12. The molecular formula is C14H18FNO2. The number of hydrogen-bond donors (Lipinski definition) is 2. The van der Waals surface area contributed by atoms with Crippen LogP contribution in [0.2, 0.25) is 0 Å². The van der Waals surface area contributed by atoms with Gasteiger partial charge in [0, 0.05) is 18.6 Å². The fraction of sp³-hybridized carbons (Fsp3) is 0.500. The number of aliphatic hydroxyl groups excluding tert-OH is 1. The molecule has 1 aromatic carbocycles. The molecule has 1 aliphatic carbocycles. The molecule has 0 saturated heterocycles. The Morgan fingerprint density at radius 3 is 3.06 bits per heavy atom. The van der Waals surface area contributed by atoms with Crippen LogP contribution in [-0.4, -0.2) is 23.7 Å². The Balaban J connectivity index is 1.89. The van der Waals surface area contributed by atoms with Crippen molar-refractivity contribution in [3.8, 4) is 0 Å². The molecule has 98 valence electrons. The first-order valence-electron chi connectivity index (χ1n) is 6.28. The van der Waals surface area contributed by atoms with Crippen molar-refractivity contribution in [2.45, 2.75) is 31.7 Å². The van der Waals surface area contributed by atoms with Crippen LogP contribution in [0.5, 0.6) is 0 Å². The Hall–Kier alpha value is -1.42. The number of aliphatic hydroxyl groups is 1. The zero-order valence-electron chi connectivity index (χ0n) is 10.4. The highest BCUT2D eigenvalue weighted by molar-refractivity contribution is 5.83. The number of nitrogens with one attached hydrogen (secondary N) is 1. The second-order valence-corrected chi connectivity index (χ2v) is 4.93. The quantitative estimate of drug-likeness (QED) is 0.838. The minimum atomic E-state index is -0.257. The molecule has 0 radical (unpaired) electrons. The average molecular weight is 251 g/mol. The smallest absolute Gasteiger partial charge is 0.223 e. The number of halogens is 1. The van der Waals surface area contributed by atoms with Crippen LogP contribution in [0.4, 0.5) is 4.39 Å². The molecule has 3 nitrogen and oxygen atoms in total. The predicted molar refractivity (Wildman–Crippen MR) is 66.6 cm³/mol. The maximum Gasteiger partial charge on any atom is 0.223 e. The molecule has 3 atom stereocenters. The van der Waals surface area contributed by atoms with E-state index in [1.165, 1.54) is 12.1 Å². The third-order valence-electron chi connectivity index (χ3n) is 3.35. The lowest BCUT2D eigenvalue weighted by atomic mass is 10.1. The second-order valence-electron chi connectivity index (χ2n) is 4.93. The molecule has 0 heterocycles. The first-order chi connectivity index (χ1) is 8.61. The number of benzene rings is 1. The lowest BCUT2D eigenvalue weighted by Crippen LogP contribution is -2.34. The summed E-state index contributed by atoms with van der Waals surface area (Å²) in [6, 6.07) is 6.42. The van der Waals surface area contributed by atoms with Gasteiger partial charge in [-0.25, -0.2) is 4.39 Å². The summed E-state index contributed by atoms with van der Waals surface area (Å²) in [4.78, 5) is 11.9. The Bertz CT molecular complexity index is 436. The van der Waals surface area contributed by atoms with E-state index < -0.39 is 0 Å². The zero-order chi connectivity index (χ0) is 13.1. The molecule has 0 aromatic heterocycles. The van der Waals surface area contributed by atoms with Gasteiger partial charge >= 0.3 is 0 Å². The maximum absolute atomic E-state index is 13.1. The van der Waals surface area contributed by atoms with Gasteiger partial charge in [-0.1, -0.05) is 12.1 Å². The van der Waals surface area contributed by atoms with E-state index in [9.17, 15) is 9.18 Å². The molecule has 1 fully saturated rings. The molecule has 3 unspecified atom stereocenters. The molecule has 0 aliphatic heterocycles. The minimum absolute atomic E-state index is 0.00483. The number of amides is 1. The first-order valence-corrected chi connectivity index (χ1v) is 6.28. The fourth-order valence-electron chi connectivity index (χ4n) is 2.21. The third kappa shape index (κ3) is 3.07. The van der Waals surface area contributed by atoms with Gasteiger partial charge in [-0.2, -0.15) is 0 Å². The molecule has 0 spiro atoms. The van der Waals surface area contributed by atoms with Crippen molar-refractivity contribution < 1.29 is 14.3 Å². The van der Waals surface area contributed by atoms with Gasteiger partial charge in [-0.05, 0) is 43.4 Å². The van der Waals surface area contributed by atoms with E-state index in [0.717, 1.165) is 12.0 Å². The summed E-state index contributed by atoms with van der Waals surface area (Å²) in [5, 5.41) is 11.6. The molecule has 1 amide bonds. The van der Waals surface area contributed by atoms with Gasteiger partial charge in [0.2, 0.25) is 5.91 Å². The van der Waals surface area contributed by atoms with Crippen LogP contribution < -0.4 is 5.32 Å². The number of carbonyl (C=O) groups excluding carboxylic acids is 1. The second kappa shape index (κ2) is 5.48. The van der Waals surface area contributed by atoms with Gasteiger partial charge < -0.3 is 10.4 Å². The predicted octanol–water partition coefficient (Wildman–Crippen LogP) is 1.82. The zero-order valence-corrected chi connectivity index (χ0v) is 10.4. The molecule has 2 rings (SSSR count). The summed E-state index contributed by atoms with van der Waals surface area (Å²) in [6.45, 7) is 1.94. The Morgan fingerprint density at radius 2 is 2.39 bits per heavy atom. The monoisotopic (exact) mass is 251 g/mol. The summed E-state index contributed by atoms with van der Waals surface area (Å²) in [5.41, 5.74) is 0.893. The standard InChI is InChI=1S/C14H18FNO2/c1-9(5-6-17)16-14(18)13-8-12(13)10-3-2-4-11(15)7-10/h2-4,7,9,12-13,17H,5-6,8H2,1H3,(H,16,18). The Kier molecular flexibility index (Phi) is 3.97.